The van der Waals surface area contributed by atoms with Gasteiger partial charge >= 0.3 is 12.1 Å². The van der Waals surface area contributed by atoms with Crippen LogP contribution in [0.2, 0.25) is 10.0 Å². The third kappa shape index (κ3) is 6.38. The maximum Gasteiger partial charge on any atom is 0.414 e. The highest BCUT2D eigenvalue weighted by Gasteiger charge is 2.48. The number of fused-ring (bicyclic) bond motifs is 3. The van der Waals surface area contributed by atoms with Crippen molar-refractivity contribution in [2.75, 3.05) is 24.7 Å². The molecule has 1 aromatic heterocycles. The van der Waals surface area contributed by atoms with Gasteiger partial charge in [0.2, 0.25) is 0 Å². The molecule has 6 rings (SSSR count). The molecule has 0 saturated heterocycles. The van der Waals surface area contributed by atoms with E-state index in [2.05, 4.69) is 18.3 Å². The number of aromatic nitrogens is 2. The summed E-state index contributed by atoms with van der Waals surface area (Å²) in [4.78, 5) is 26.1. The van der Waals surface area contributed by atoms with E-state index in [1.165, 1.54) is 18.2 Å². The van der Waals surface area contributed by atoms with E-state index in [9.17, 15) is 19.1 Å². The van der Waals surface area contributed by atoms with Gasteiger partial charge in [0.05, 0.1) is 29.0 Å². The minimum absolute atomic E-state index is 0.000242. The summed E-state index contributed by atoms with van der Waals surface area (Å²) in [5.74, 6) is -1.01. The highest BCUT2D eigenvalue weighted by Crippen LogP contribution is 2.57. The second-order valence-corrected chi connectivity index (χ2v) is 10.8. The number of anilines is 1. The first-order chi connectivity index (χ1) is 20.8. The zero-order valence-electron chi connectivity index (χ0n) is 23.0. The fourth-order valence-corrected chi connectivity index (χ4v) is 5.63. The normalized spacial score (nSPS) is 16.3. The Morgan fingerprint density at radius 3 is 2.65 bits per heavy atom. The second kappa shape index (κ2) is 12.9. The maximum absolute atomic E-state index is 14.0. The summed E-state index contributed by atoms with van der Waals surface area (Å²) in [5, 5.41) is 14.2. The predicted octanol–water partition coefficient (Wildman–Crippen LogP) is 7.68. The fraction of sp³-hybridized carbons (Fsp3) is 0.219. The Balaban J connectivity index is 0.00000180. The van der Waals surface area contributed by atoms with E-state index in [1.807, 2.05) is 24.4 Å². The molecule has 222 valence electrons. The molecule has 1 aliphatic carbocycles. The van der Waals surface area contributed by atoms with Gasteiger partial charge in [0.25, 0.3) is 0 Å². The van der Waals surface area contributed by atoms with Gasteiger partial charge in [-0.15, -0.1) is 13.2 Å². The predicted molar refractivity (Wildman–Crippen MR) is 163 cm³/mol. The summed E-state index contributed by atoms with van der Waals surface area (Å²) in [6.45, 7) is 6.79. The average molecular weight is 624 g/mol. The molecule has 1 amide bonds. The van der Waals surface area contributed by atoms with Gasteiger partial charge in [-0.3, -0.25) is 9.58 Å². The van der Waals surface area contributed by atoms with Crippen molar-refractivity contribution in [3.05, 3.63) is 113 Å². The Kier molecular flexibility index (Phi) is 9.03. The van der Waals surface area contributed by atoms with Gasteiger partial charge in [-0.05, 0) is 71.3 Å². The van der Waals surface area contributed by atoms with Crippen LogP contribution in [0.3, 0.4) is 0 Å². The quantitative estimate of drug-likeness (QED) is 0.160. The number of aromatic carboxylic acids is 1. The van der Waals surface area contributed by atoms with E-state index in [1.54, 1.807) is 34.0 Å². The number of carboxylic acid groups (broad SMARTS) is 1. The van der Waals surface area contributed by atoms with Crippen LogP contribution in [0.15, 0.2) is 80.1 Å². The second-order valence-electron chi connectivity index (χ2n) is 10.0. The van der Waals surface area contributed by atoms with Crippen LogP contribution in [0.1, 0.15) is 33.8 Å². The van der Waals surface area contributed by atoms with Crippen LogP contribution in [0.5, 0.6) is 5.75 Å². The van der Waals surface area contributed by atoms with E-state index in [4.69, 9.17) is 32.7 Å². The molecule has 2 aliphatic rings. The molecule has 0 spiro atoms. The molecule has 0 bridgehead atoms. The SMILES string of the molecule is C=C.O=C(O)c1ccc(Cl)c(Cn2cc(-c3cccc4c3C3CC3CN4C(=O)OCCOc3cccc(Cl)c3F)cn2)c1. The summed E-state index contributed by atoms with van der Waals surface area (Å²) in [6.07, 6.45) is 4.12. The molecule has 1 saturated carbocycles. The average Bonchev–Trinajstić information content (AvgIpc) is 3.66. The third-order valence-electron chi connectivity index (χ3n) is 7.36. The molecule has 11 heteroatoms. The molecule has 3 aromatic carbocycles. The van der Waals surface area contributed by atoms with Crippen molar-refractivity contribution in [3.8, 4) is 16.9 Å². The minimum atomic E-state index is -1.02. The highest BCUT2D eigenvalue weighted by molar-refractivity contribution is 6.31. The van der Waals surface area contributed by atoms with Gasteiger partial charge < -0.3 is 14.6 Å². The summed E-state index contributed by atoms with van der Waals surface area (Å²) >= 11 is 12.1. The van der Waals surface area contributed by atoms with Crippen molar-refractivity contribution in [2.45, 2.75) is 18.9 Å². The highest BCUT2D eigenvalue weighted by atomic mass is 35.5. The van der Waals surface area contributed by atoms with Gasteiger partial charge in [-0.1, -0.05) is 41.4 Å². The summed E-state index contributed by atoms with van der Waals surface area (Å²) in [6, 6.07) is 14.9. The number of carbonyl (C=O) groups is 2. The van der Waals surface area contributed by atoms with Gasteiger partial charge in [-0.25, -0.2) is 14.0 Å². The van der Waals surface area contributed by atoms with Gasteiger partial charge in [0.1, 0.15) is 13.2 Å². The number of amides is 1. The smallest absolute Gasteiger partial charge is 0.414 e. The Morgan fingerprint density at radius 1 is 1.07 bits per heavy atom. The van der Waals surface area contributed by atoms with Gasteiger partial charge in [0, 0.05) is 23.3 Å². The van der Waals surface area contributed by atoms with E-state index in [0.29, 0.717) is 35.5 Å². The molecule has 2 heterocycles. The molecule has 43 heavy (non-hydrogen) atoms. The third-order valence-corrected chi connectivity index (χ3v) is 8.02. The van der Waals surface area contributed by atoms with Crippen LogP contribution >= 0.6 is 23.2 Å². The van der Waals surface area contributed by atoms with E-state index >= 15 is 0 Å². The number of rotatable bonds is 8. The lowest BCUT2D eigenvalue weighted by Gasteiger charge is -2.29. The molecule has 1 N–H and O–H groups in total. The molecular formula is C32H28Cl2FN3O5. The first kappa shape index (κ1) is 30.1. The molecule has 1 fully saturated rings. The van der Waals surface area contributed by atoms with Crippen molar-refractivity contribution in [2.24, 2.45) is 5.92 Å². The lowest BCUT2D eigenvalue weighted by atomic mass is 9.93. The van der Waals surface area contributed by atoms with Crippen LogP contribution < -0.4 is 9.64 Å². The molecule has 0 radical (unpaired) electrons. The van der Waals surface area contributed by atoms with Gasteiger partial charge in [0.15, 0.2) is 11.6 Å². The number of hydrogen-bond acceptors (Lipinski definition) is 5. The van der Waals surface area contributed by atoms with Crippen LogP contribution in [-0.2, 0) is 11.3 Å². The lowest BCUT2D eigenvalue weighted by Crippen LogP contribution is -2.37. The molecular weight excluding hydrogens is 596 g/mol. The summed E-state index contributed by atoms with van der Waals surface area (Å²) in [5.41, 5.74) is 4.52. The first-order valence-electron chi connectivity index (χ1n) is 13.5. The fourth-order valence-electron chi connectivity index (χ4n) is 5.29. The van der Waals surface area contributed by atoms with E-state index in [-0.39, 0.29) is 29.5 Å². The van der Waals surface area contributed by atoms with Crippen LogP contribution in [0.25, 0.3) is 11.1 Å². The van der Waals surface area contributed by atoms with Crippen LogP contribution in [0, 0.1) is 11.7 Å². The molecule has 1 aliphatic heterocycles. The van der Waals surface area contributed by atoms with Crippen molar-refractivity contribution in [1.82, 2.24) is 9.78 Å². The zero-order chi connectivity index (χ0) is 30.7. The largest absolute Gasteiger partial charge is 0.487 e. The van der Waals surface area contributed by atoms with Crippen molar-refractivity contribution in [3.63, 3.8) is 0 Å². The number of nitrogens with zero attached hydrogens (tertiary/aromatic N) is 3. The first-order valence-corrected chi connectivity index (χ1v) is 14.2. The molecule has 4 aromatic rings. The Bertz CT molecular complexity index is 1680. The number of halogens is 3. The van der Waals surface area contributed by atoms with Crippen LogP contribution in [0.4, 0.5) is 14.9 Å². The number of carboxylic acids is 1. The van der Waals surface area contributed by atoms with Gasteiger partial charge in [-0.2, -0.15) is 5.10 Å². The Labute approximate surface area is 257 Å². The summed E-state index contributed by atoms with van der Waals surface area (Å²) < 4.78 is 26.6. The van der Waals surface area contributed by atoms with Crippen LogP contribution in [-0.4, -0.2) is 46.7 Å². The topological polar surface area (TPSA) is 93.9 Å². The standard InChI is InChI=1S/C30H24Cl2FN3O5.C2H4/c31-23-8-7-17(29(37)38)11-19(23)14-35-15-20(13-34-35)21-3-1-5-25-27(21)22-12-18(22)16-36(25)30(39)41-10-9-40-26-6-2-4-24(32)28(26)33;1-2/h1-8,11,13,15,18,22H,9-10,12,14,16H2,(H,37,38);1-2H2. The zero-order valence-corrected chi connectivity index (χ0v) is 24.5. The van der Waals surface area contributed by atoms with Crippen molar-refractivity contribution < 1.29 is 28.6 Å². The Morgan fingerprint density at radius 2 is 1.86 bits per heavy atom. The molecule has 2 unspecified atom stereocenters. The summed E-state index contributed by atoms with van der Waals surface area (Å²) in [7, 11) is 0. The minimum Gasteiger partial charge on any atom is -0.487 e. The number of carbonyl (C=O) groups excluding carboxylic acids is 1. The van der Waals surface area contributed by atoms with E-state index in [0.717, 1.165) is 28.8 Å². The maximum atomic E-state index is 14.0. The molecule has 2 atom stereocenters. The van der Waals surface area contributed by atoms with Crippen molar-refractivity contribution in [1.29, 1.82) is 0 Å². The van der Waals surface area contributed by atoms with E-state index < -0.39 is 17.9 Å². The number of benzene rings is 3. The lowest BCUT2D eigenvalue weighted by molar-refractivity contribution is 0.0696. The van der Waals surface area contributed by atoms with Crippen molar-refractivity contribution >= 4 is 41.0 Å². The molecule has 8 nitrogen and oxygen atoms in total. The number of hydrogen-bond donors (Lipinski definition) is 1. The monoisotopic (exact) mass is 623 g/mol. The Hall–Kier alpha value is -4.34. The number of ether oxygens (including phenoxy) is 2.